The lowest BCUT2D eigenvalue weighted by atomic mass is 9.86. The number of methoxy groups -OCH3 is 2. The number of benzene rings is 6. The predicted molar refractivity (Wildman–Crippen MR) is 151 cm³/mol. The van der Waals surface area contributed by atoms with Crippen LogP contribution in [0.15, 0.2) is 121 Å². The SMILES string of the molecule is COc1ccc(-c2cc3ccccc3cc2-c2cc3ccccc3cc2-c2ccc(OC)cc2)cc1. The molecule has 0 spiro atoms. The molecular weight excluding hydrogens is 440 g/mol. The minimum absolute atomic E-state index is 0.853. The van der Waals surface area contributed by atoms with Crippen LogP contribution in [-0.4, -0.2) is 14.2 Å². The number of fused-ring (bicyclic) bond motifs is 2. The number of hydrogen-bond donors (Lipinski definition) is 0. The molecule has 0 bridgehead atoms. The van der Waals surface area contributed by atoms with Gasteiger partial charge in [-0.25, -0.2) is 0 Å². The Morgan fingerprint density at radius 1 is 0.361 bits per heavy atom. The third kappa shape index (κ3) is 3.97. The van der Waals surface area contributed by atoms with E-state index < -0.39 is 0 Å². The van der Waals surface area contributed by atoms with Crippen molar-refractivity contribution in [2.45, 2.75) is 0 Å². The van der Waals surface area contributed by atoms with Gasteiger partial charge in [0, 0.05) is 0 Å². The topological polar surface area (TPSA) is 18.5 Å². The molecular formula is C34H26O2. The van der Waals surface area contributed by atoms with Crippen molar-refractivity contribution in [2.24, 2.45) is 0 Å². The van der Waals surface area contributed by atoms with Gasteiger partial charge in [-0.15, -0.1) is 0 Å². The smallest absolute Gasteiger partial charge is 0.118 e. The van der Waals surface area contributed by atoms with E-state index in [1.807, 2.05) is 24.3 Å². The molecule has 6 aromatic rings. The lowest BCUT2D eigenvalue weighted by Crippen LogP contribution is -1.92. The highest BCUT2D eigenvalue weighted by molar-refractivity contribution is 6.03. The van der Waals surface area contributed by atoms with Crippen LogP contribution in [0.5, 0.6) is 11.5 Å². The molecule has 0 unspecified atom stereocenters. The van der Waals surface area contributed by atoms with Gasteiger partial charge in [-0.3, -0.25) is 0 Å². The molecule has 0 heterocycles. The first kappa shape index (κ1) is 21.9. The zero-order valence-electron chi connectivity index (χ0n) is 20.4. The highest BCUT2D eigenvalue weighted by Gasteiger charge is 2.16. The normalized spacial score (nSPS) is 11.1. The van der Waals surface area contributed by atoms with Crippen LogP contribution in [0, 0.1) is 0 Å². The van der Waals surface area contributed by atoms with Crippen molar-refractivity contribution < 1.29 is 9.47 Å². The van der Waals surface area contributed by atoms with E-state index in [1.54, 1.807) is 14.2 Å². The van der Waals surface area contributed by atoms with Gasteiger partial charge in [-0.1, -0.05) is 72.8 Å². The Balaban J connectivity index is 1.67. The van der Waals surface area contributed by atoms with Crippen molar-refractivity contribution in [3.05, 3.63) is 121 Å². The summed E-state index contributed by atoms with van der Waals surface area (Å²) in [5.41, 5.74) is 7.12. The third-order valence-electron chi connectivity index (χ3n) is 6.86. The largest absolute Gasteiger partial charge is 0.497 e. The van der Waals surface area contributed by atoms with E-state index in [9.17, 15) is 0 Å². The zero-order valence-corrected chi connectivity index (χ0v) is 20.4. The molecule has 2 heteroatoms. The predicted octanol–water partition coefficient (Wildman–Crippen LogP) is 9.01. The highest BCUT2D eigenvalue weighted by Crippen LogP contribution is 2.42. The van der Waals surface area contributed by atoms with Gasteiger partial charge in [-0.05, 0) is 103 Å². The summed E-state index contributed by atoms with van der Waals surface area (Å²) >= 11 is 0. The molecule has 0 aliphatic rings. The maximum absolute atomic E-state index is 5.42. The maximum atomic E-state index is 5.42. The van der Waals surface area contributed by atoms with Gasteiger partial charge in [0.1, 0.15) is 11.5 Å². The van der Waals surface area contributed by atoms with E-state index in [0.29, 0.717) is 0 Å². The standard InChI is InChI=1S/C34H26O2/c1-35-29-15-11-23(12-16-29)31-19-25-7-3-5-9-27(25)21-33(31)34-22-28-10-6-4-8-26(28)20-32(34)24-13-17-30(36-2)18-14-24/h3-22H,1-2H3. The van der Waals surface area contributed by atoms with Crippen LogP contribution in [0.4, 0.5) is 0 Å². The molecule has 0 aromatic heterocycles. The van der Waals surface area contributed by atoms with E-state index in [0.717, 1.165) is 22.6 Å². The van der Waals surface area contributed by atoms with Crippen LogP contribution in [0.25, 0.3) is 54.9 Å². The lowest BCUT2D eigenvalue weighted by Gasteiger charge is -2.18. The van der Waals surface area contributed by atoms with E-state index >= 15 is 0 Å². The Morgan fingerprint density at radius 2 is 0.667 bits per heavy atom. The zero-order chi connectivity index (χ0) is 24.5. The minimum Gasteiger partial charge on any atom is -0.497 e. The van der Waals surface area contributed by atoms with Crippen molar-refractivity contribution in [1.29, 1.82) is 0 Å². The van der Waals surface area contributed by atoms with Crippen LogP contribution in [-0.2, 0) is 0 Å². The summed E-state index contributed by atoms with van der Waals surface area (Å²) in [7, 11) is 3.40. The van der Waals surface area contributed by atoms with Crippen LogP contribution in [0.3, 0.4) is 0 Å². The first-order valence-electron chi connectivity index (χ1n) is 12.1. The minimum atomic E-state index is 0.853. The second-order valence-electron chi connectivity index (χ2n) is 8.95. The summed E-state index contributed by atoms with van der Waals surface area (Å²) in [5.74, 6) is 1.71. The molecule has 174 valence electrons. The fourth-order valence-corrected chi connectivity index (χ4v) is 4.95. The Bertz CT molecular complexity index is 1550. The van der Waals surface area contributed by atoms with Crippen molar-refractivity contribution in [3.63, 3.8) is 0 Å². The first-order valence-corrected chi connectivity index (χ1v) is 12.1. The Labute approximate surface area is 211 Å². The van der Waals surface area contributed by atoms with E-state index in [4.69, 9.17) is 9.47 Å². The number of rotatable bonds is 5. The Morgan fingerprint density at radius 3 is 0.972 bits per heavy atom. The molecule has 36 heavy (non-hydrogen) atoms. The molecule has 6 aromatic carbocycles. The van der Waals surface area contributed by atoms with Gasteiger partial charge in [0.15, 0.2) is 0 Å². The summed E-state index contributed by atoms with van der Waals surface area (Å²) in [6, 6.07) is 43.0. The third-order valence-corrected chi connectivity index (χ3v) is 6.86. The molecule has 0 N–H and O–H groups in total. The molecule has 0 aliphatic carbocycles. The molecule has 0 saturated heterocycles. The Hall–Kier alpha value is -4.56. The summed E-state index contributed by atoms with van der Waals surface area (Å²) in [6.07, 6.45) is 0. The monoisotopic (exact) mass is 466 g/mol. The van der Waals surface area contributed by atoms with Crippen molar-refractivity contribution in [2.75, 3.05) is 14.2 Å². The van der Waals surface area contributed by atoms with E-state index in [-0.39, 0.29) is 0 Å². The van der Waals surface area contributed by atoms with Gasteiger partial charge < -0.3 is 9.47 Å². The van der Waals surface area contributed by atoms with Crippen LogP contribution in [0.1, 0.15) is 0 Å². The number of hydrogen-bond acceptors (Lipinski definition) is 2. The second kappa shape index (κ2) is 9.24. The second-order valence-corrected chi connectivity index (χ2v) is 8.95. The first-order chi connectivity index (χ1) is 17.7. The average molecular weight is 467 g/mol. The van der Waals surface area contributed by atoms with Gasteiger partial charge in [0.05, 0.1) is 14.2 Å². The highest BCUT2D eigenvalue weighted by atomic mass is 16.5. The van der Waals surface area contributed by atoms with Crippen LogP contribution >= 0.6 is 0 Å². The van der Waals surface area contributed by atoms with Gasteiger partial charge in [0.2, 0.25) is 0 Å². The fraction of sp³-hybridized carbons (Fsp3) is 0.0588. The summed E-state index contributed by atoms with van der Waals surface area (Å²) in [6.45, 7) is 0. The van der Waals surface area contributed by atoms with E-state index in [2.05, 4.69) is 97.1 Å². The molecule has 0 fully saturated rings. The summed E-state index contributed by atoms with van der Waals surface area (Å²) in [5, 5.41) is 4.88. The Kier molecular flexibility index (Phi) is 5.63. The van der Waals surface area contributed by atoms with E-state index in [1.165, 1.54) is 43.8 Å². The van der Waals surface area contributed by atoms with Gasteiger partial charge in [0.25, 0.3) is 0 Å². The van der Waals surface area contributed by atoms with Gasteiger partial charge >= 0.3 is 0 Å². The number of ether oxygens (including phenoxy) is 2. The van der Waals surface area contributed by atoms with Crippen molar-refractivity contribution in [3.8, 4) is 44.9 Å². The van der Waals surface area contributed by atoms with Crippen molar-refractivity contribution in [1.82, 2.24) is 0 Å². The average Bonchev–Trinajstić information content (AvgIpc) is 2.96. The molecule has 6 rings (SSSR count). The van der Waals surface area contributed by atoms with Gasteiger partial charge in [-0.2, -0.15) is 0 Å². The molecule has 0 amide bonds. The summed E-state index contributed by atoms with van der Waals surface area (Å²) < 4.78 is 10.8. The van der Waals surface area contributed by atoms with Crippen LogP contribution < -0.4 is 9.47 Å². The fourth-order valence-electron chi connectivity index (χ4n) is 4.95. The van der Waals surface area contributed by atoms with Crippen molar-refractivity contribution >= 4 is 21.5 Å². The molecule has 0 atom stereocenters. The molecule has 0 saturated carbocycles. The molecule has 2 nitrogen and oxygen atoms in total. The lowest BCUT2D eigenvalue weighted by molar-refractivity contribution is 0.415. The quantitative estimate of drug-likeness (QED) is 0.252. The summed E-state index contributed by atoms with van der Waals surface area (Å²) in [4.78, 5) is 0. The maximum Gasteiger partial charge on any atom is 0.118 e. The molecule has 0 radical (unpaired) electrons. The molecule has 0 aliphatic heterocycles. The van der Waals surface area contributed by atoms with Crippen LogP contribution in [0.2, 0.25) is 0 Å².